The molecule has 1 N–H and O–H groups in total. The third-order valence-corrected chi connectivity index (χ3v) is 1.87. The first-order valence-electron chi connectivity index (χ1n) is 4.52. The summed E-state index contributed by atoms with van der Waals surface area (Å²) in [5, 5.41) is 2.91. The highest BCUT2D eigenvalue weighted by Crippen LogP contribution is 2.29. The van der Waals surface area contributed by atoms with Crippen LogP contribution in [0.4, 0.5) is 13.2 Å². The second-order valence-corrected chi connectivity index (χ2v) is 3.08. The number of rotatable bonds is 3. The van der Waals surface area contributed by atoms with Crippen molar-refractivity contribution in [2.45, 2.75) is 6.18 Å². The Morgan fingerprint density at radius 2 is 1.80 bits per heavy atom. The van der Waals surface area contributed by atoms with Gasteiger partial charge in [0.25, 0.3) is 0 Å². The number of hydrogen-bond donors (Lipinski definition) is 1. The van der Waals surface area contributed by atoms with Crippen LogP contribution in [0.25, 0.3) is 6.08 Å². The van der Waals surface area contributed by atoms with Gasteiger partial charge in [-0.05, 0) is 24.7 Å². The summed E-state index contributed by atoms with van der Waals surface area (Å²) in [4.78, 5) is 0. The Balaban J connectivity index is 2.73. The summed E-state index contributed by atoms with van der Waals surface area (Å²) in [7, 11) is 1.80. The van der Waals surface area contributed by atoms with Crippen LogP contribution in [-0.4, -0.2) is 13.6 Å². The van der Waals surface area contributed by atoms with E-state index in [1.165, 1.54) is 12.1 Å². The average molecular weight is 215 g/mol. The maximum Gasteiger partial charge on any atom is 0.416 e. The lowest BCUT2D eigenvalue weighted by Gasteiger charge is -2.05. The molecule has 0 unspecified atom stereocenters. The van der Waals surface area contributed by atoms with Crippen molar-refractivity contribution < 1.29 is 13.2 Å². The Morgan fingerprint density at radius 1 is 1.20 bits per heavy atom. The summed E-state index contributed by atoms with van der Waals surface area (Å²) < 4.78 is 36.6. The molecule has 1 nitrogen and oxygen atoms in total. The maximum absolute atomic E-state index is 12.2. The van der Waals surface area contributed by atoms with Gasteiger partial charge in [0, 0.05) is 6.54 Å². The maximum atomic E-state index is 12.2. The van der Waals surface area contributed by atoms with Crippen LogP contribution >= 0.6 is 0 Å². The third kappa shape index (κ3) is 3.75. The van der Waals surface area contributed by atoms with Crippen molar-refractivity contribution in [2.24, 2.45) is 0 Å². The van der Waals surface area contributed by atoms with Crippen LogP contribution in [0.2, 0.25) is 0 Å². The summed E-state index contributed by atoms with van der Waals surface area (Å²) in [6.07, 6.45) is -0.632. The Hall–Kier alpha value is -1.29. The smallest absolute Gasteiger partial charge is 0.316 e. The number of hydrogen-bond acceptors (Lipinski definition) is 1. The van der Waals surface area contributed by atoms with E-state index >= 15 is 0 Å². The van der Waals surface area contributed by atoms with Crippen LogP contribution in [0.15, 0.2) is 30.3 Å². The highest BCUT2D eigenvalue weighted by Gasteiger charge is 2.29. The van der Waals surface area contributed by atoms with Gasteiger partial charge in [-0.2, -0.15) is 13.2 Å². The first-order chi connectivity index (χ1) is 7.04. The lowest BCUT2D eigenvalue weighted by Crippen LogP contribution is -2.04. The van der Waals surface area contributed by atoms with Crippen molar-refractivity contribution in [1.29, 1.82) is 0 Å². The van der Waals surface area contributed by atoms with Gasteiger partial charge in [0.1, 0.15) is 0 Å². The molecule has 0 radical (unpaired) electrons. The zero-order chi connectivity index (χ0) is 11.3. The van der Waals surface area contributed by atoms with E-state index in [9.17, 15) is 13.2 Å². The largest absolute Gasteiger partial charge is 0.416 e. The van der Waals surface area contributed by atoms with Gasteiger partial charge in [-0.3, -0.25) is 0 Å². The van der Waals surface area contributed by atoms with Crippen molar-refractivity contribution in [2.75, 3.05) is 13.6 Å². The second-order valence-electron chi connectivity index (χ2n) is 3.08. The number of halogens is 3. The molecule has 1 rings (SSSR count). The molecule has 0 amide bonds. The van der Waals surface area contributed by atoms with Gasteiger partial charge in [-0.15, -0.1) is 0 Å². The van der Waals surface area contributed by atoms with Crippen LogP contribution in [0, 0.1) is 0 Å². The first-order valence-corrected chi connectivity index (χ1v) is 4.52. The molecule has 0 aliphatic rings. The van der Waals surface area contributed by atoms with Crippen molar-refractivity contribution in [3.8, 4) is 0 Å². The fourth-order valence-corrected chi connectivity index (χ4v) is 1.10. The average Bonchev–Trinajstić information content (AvgIpc) is 2.18. The molecule has 1 aromatic carbocycles. The molecular weight excluding hydrogens is 203 g/mol. The molecule has 15 heavy (non-hydrogen) atoms. The molecule has 0 bridgehead atoms. The summed E-state index contributed by atoms with van der Waals surface area (Å²) >= 11 is 0. The molecule has 1 aromatic rings. The zero-order valence-electron chi connectivity index (χ0n) is 8.31. The quantitative estimate of drug-likeness (QED) is 0.817. The van der Waals surface area contributed by atoms with E-state index in [-0.39, 0.29) is 0 Å². The van der Waals surface area contributed by atoms with Gasteiger partial charge in [0.15, 0.2) is 0 Å². The number of nitrogens with one attached hydrogen (secondary N) is 1. The predicted molar refractivity (Wildman–Crippen MR) is 54.4 cm³/mol. The third-order valence-electron chi connectivity index (χ3n) is 1.87. The van der Waals surface area contributed by atoms with Crippen LogP contribution in [0.5, 0.6) is 0 Å². The molecule has 0 aliphatic carbocycles. The highest BCUT2D eigenvalue weighted by atomic mass is 19.4. The molecule has 0 aliphatic heterocycles. The minimum Gasteiger partial charge on any atom is -0.316 e. The lowest BCUT2D eigenvalue weighted by atomic mass is 10.1. The Morgan fingerprint density at radius 3 is 2.27 bits per heavy atom. The Kier molecular flexibility index (Phi) is 3.91. The molecule has 0 atom stereocenters. The molecule has 0 fully saturated rings. The van der Waals surface area contributed by atoms with Crippen molar-refractivity contribution in [1.82, 2.24) is 5.32 Å². The van der Waals surface area contributed by atoms with E-state index < -0.39 is 11.7 Å². The van der Waals surface area contributed by atoms with Crippen molar-refractivity contribution in [3.63, 3.8) is 0 Å². The molecule has 0 aromatic heterocycles. The highest BCUT2D eigenvalue weighted by molar-refractivity contribution is 5.50. The SMILES string of the molecule is CNCC=Cc1ccc(C(F)(F)F)cc1. The van der Waals surface area contributed by atoms with Gasteiger partial charge in [0.2, 0.25) is 0 Å². The van der Waals surface area contributed by atoms with E-state index in [2.05, 4.69) is 5.32 Å². The summed E-state index contributed by atoms with van der Waals surface area (Å²) in [6, 6.07) is 5.07. The van der Waals surface area contributed by atoms with Gasteiger partial charge >= 0.3 is 6.18 Å². The van der Waals surface area contributed by atoms with Crippen LogP contribution in [0.3, 0.4) is 0 Å². The normalized spacial score (nSPS) is 12.3. The van der Waals surface area contributed by atoms with E-state index in [0.717, 1.165) is 17.7 Å². The van der Waals surface area contributed by atoms with Gasteiger partial charge in [-0.25, -0.2) is 0 Å². The zero-order valence-corrected chi connectivity index (χ0v) is 8.31. The first kappa shape index (κ1) is 11.8. The minimum atomic E-state index is -4.26. The standard InChI is InChI=1S/C11H12F3N/c1-15-8-2-3-9-4-6-10(7-5-9)11(12,13)14/h2-7,15H,8H2,1H3. The topological polar surface area (TPSA) is 12.0 Å². The number of likely N-dealkylation sites (N-methyl/N-ethyl adjacent to an activating group) is 1. The molecule has 0 saturated heterocycles. The Bertz CT molecular complexity index is 325. The predicted octanol–water partition coefficient (Wildman–Crippen LogP) is 2.94. The summed E-state index contributed by atoms with van der Waals surface area (Å²) in [5.41, 5.74) is 0.145. The van der Waals surface area contributed by atoms with Crippen LogP contribution < -0.4 is 5.32 Å². The monoisotopic (exact) mass is 215 g/mol. The molecule has 0 spiro atoms. The lowest BCUT2D eigenvalue weighted by molar-refractivity contribution is -0.137. The molecule has 0 heterocycles. The van der Waals surface area contributed by atoms with E-state index in [1.54, 1.807) is 13.1 Å². The molecule has 0 saturated carbocycles. The summed E-state index contributed by atoms with van der Waals surface area (Å²) in [5.74, 6) is 0. The van der Waals surface area contributed by atoms with Gasteiger partial charge < -0.3 is 5.32 Å². The molecular formula is C11H12F3N. The van der Waals surface area contributed by atoms with Crippen LogP contribution in [-0.2, 0) is 6.18 Å². The molecule has 4 heteroatoms. The fourth-order valence-electron chi connectivity index (χ4n) is 1.10. The van der Waals surface area contributed by atoms with Crippen molar-refractivity contribution in [3.05, 3.63) is 41.5 Å². The number of alkyl halides is 3. The van der Waals surface area contributed by atoms with Gasteiger partial charge in [0.05, 0.1) is 5.56 Å². The van der Waals surface area contributed by atoms with Gasteiger partial charge in [-0.1, -0.05) is 24.3 Å². The fraction of sp³-hybridized carbons (Fsp3) is 0.273. The number of benzene rings is 1. The van der Waals surface area contributed by atoms with E-state index in [4.69, 9.17) is 0 Å². The Labute approximate surface area is 86.6 Å². The van der Waals surface area contributed by atoms with E-state index in [1.807, 2.05) is 6.08 Å². The van der Waals surface area contributed by atoms with Crippen molar-refractivity contribution >= 4 is 6.08 Å². The van der Waals surface area contributed by atoms with E-state index in [0.29, 0.717) is 6.54 Å². The van der Waals surface area contributed by atoms with Crippen LogP contribution in [0.1, 0.15) is 11.1 Å². The minimum absolute atomic E-state index is 0.617. The second kappa shape index (κ2) is 4.98. The molecule has 82 valence electrons. The summed E-state index contributed by atoms with van der Waals surface area (Å²) in [6.45, 7) is 0.695.